The van der Waals surface area contributed by atoms with Crippen molar-refractivity contribution in [1.29, 1.82) is 0 Å². The second-order valence-electron chi connectivity index (χ2n) is 3.49. The lowest BCUT2D eigenvalue weighted by atomic mass is 10.1. The third kappa shape index (κ3) is 2.14. The summed E-state index contributed by atoms with van der Waals surface area (Å²) in [6.45, 7) is 0.982. The van der Waals surface area contributed by atoms with Crippen LogP contribution in [0.4, 0.5) is 0 Å². The van der Waals surface area contributed by atoms with E-state index in [0.29, 0.717) is 5.56 Å². The first-order valence-electron chi connectivity index (χ1n) is 4.93. The monoisotopic (exact) mass is 194 g/mol. The second kappa shape index (κ2) is 4.28. The van der Waals surface area contributed by atoms with Gasteiger partial charge in [0.15, 0.2) is 0 Å². The van der Waals surface area contributed by atoms with Gasteiger partial charge in [-0.2, -0.15) is 0 Å². The Morgan fingerprint density at radius 3 is 3.14 bits per heavy atom. The van der Waals surface area contributed by atoms with Crippen molar-refractivity contribution in [3.63, 3.8) is 0 Å². The van der Waals surface area contributed by atoms with Gasteiger partial charge in [0.1, 0.15) is 6.26 Å². The predicted molar refractivity (Wildman–Crippen MR) is 51.8 cm³/mol. The molecule has 1 aliphatic rings. The lowest BCUT2D eigenvalue weighted by molar-refractivity contribution is 0.0920. The van der Waals surface area contributed by atoms with Gasteiger partial charge in [-0.1, -0.05) is 0 Å². The summed E-state index contributed by atoms with van der Waals surface area (Å²) in [6, 6.07) is 1.66. The SMILES string of the molecule is O=C(NC1CCCCN1)c1ccoc1. The van der Waals surface area contributed by atoms with Crippen LogP contribution < -0.4 is 10.6 Å². The predicted octanol–water partition coefficient (Wildman–Crippen LogP) is 1.11. The van der Waals surface area contributed by atoms with Crippen LogP contribution in [0.2, 0.25) is 0 Å². The molecule has 0 saturated carbocycles. The smallest absolute Gasteiger partial charge is 0.255 e. The summed E-state index contributed by atoms with van der Waals surface area (Å²) < 4.78 is 4.84. The molecule has 1 unspecified atom stereocenters. The van der Waals surface area contributed by atoms with Crippen molar-refractivity contribution in [2.75, 3.05) is 6.54 Å². The normalized spacial score (nSPS) is 21.9. The number of furan rings is 1. The van der Waals surface area contributed by atoms with Gasteiger partial charge in [-0.05, 0) is 31.9 Å². The van der Waals surface area contributed by atoms with Gasteiger partial charge in [0.2, 0.25) is 0 Å². The average molecular weight is 194 g/mol. The molecule has 4 nitrogen and oxygen atoms in total. The Bertz CT molecular complexity index is 289. The highest BCUT2D eigenvalue weighted by Crippen LogP contribution is 2.06. The van der Waals surface area contributed by atoms with Crippen LogP contribution in [0.1, 0.15) is 29.6 Å². The molecule has 1 aliphatic heterocycles. The van der Waals surface area contributed by atoms with Crippen molar-refractivity contribution >= 4 is 5.91 Å². The largest absolute Gasteiger partial charge is 0.472 e. The fourth-order valence-electron chi connectivity index (χ4n) is 1.61. The molecule has 4 heteroatoms. The molecular formula is C10H14N2O2. The maximum atomic E-state index is 11.6. The minimum Gasteiger partial charge on any atom is -0.472 e. The highest BCUT2D eigenvalue weighted by molar-refractivity contribution is 5.93. The molecule has 1 aromatic heterocycles. The minimum atomic E-state index is -0.0712. The molecule has 0 aromatic carbocycles. The van der Waals surface area contributed by atoms with E-state index in [1.54, 1.807) is 6.07 Å². The molecule has 0 radical (unpaired) electrons. The van der Waals surface area contributed by atoms with Crippen LogP contribution in [0.15, 0.2) is 23.0 Å². The van der Waals surface area contributed by atoms with Gasteiger partial charge < -0.3 is 9.73 Å². The van der Waals surface area contributed by atoms with E-state index in [9.17, 15) is 4.79 Å². The highest BCUT2D eigenvalue weighted by atomic mass is 16.3. The first kappa shape index (κ1) is 9.27. The Balaban J connectivity index is 1.87. The number of hydrogen-bond donors (Lipinski definition) is 2. The fraction of sp³-hybridized carbons (Fsp3) is 0.500. The average Bonchev–Trinajstić information content (AvgIpc) is 2.72. The van der Waals surface area contributed by atoms with Gasteiger partial charge >= 0.3 is 0 Å². The van der Waals surface area contributed by atoms with Crippen molar-refractivity contribution in [3.05, 3.63) is 24.2 Å². The Morgan fingerprint density at radius 1 is 1.57 bits per heavy atom. The number of rotatable bonds is 2. The first-order chi connectivity index (χ1) is 6.86. The summed E-state index contributed by atoms with van der Waals surface area (Å²) in [7, 11) is 0. The Morgan fingerprint density at radius 2 is 2.50 bits per heavy atom. The van der Waals surface area contributed by atoms with Crippen LogP contribution in [-0.2, 0) is 0 Å². The van der Waals surface area contributed by atoms with Crippen molar-refractivity contribution in [2.24, 2.45) is 0 Å². The maximum Gasteiger partial charge on any atom is 0.255 e. The molecule has 1 amide bonds. The molecule has 2 rings (SSSR count). The molecule has 1 saturated heterocycles. The number of piperidine rings is 1. The zero-order chi connectivity index (χ0) is 9.80. The third-order valence-electron chi connectivity index (χ3n) is 2.40. The van der Waals surface area contributed by atoms with Crippen molar-refractivity contribution in [3.8, 4) is 0 Å². The van der Waals surface area contributed by atoms with E-state index in [1.165, 1.54) is 25.4 Å². The summed E-state index contributed by atoms with van der Waals surface area (Å²) in [5, 5.41) is 6.16. The van der Waals surface area contributed by atoms with E-state index in [4.69, 9.17) is 4.42 Å². The molecule has 2 heterocycles. The molecule has 2 N–H and O–H groups in total. The Labute approximate surface area is 82.7 Å². The maximum absolute atomic E-state index is 11.6. The molecule has 0 spiro atoms. The quantitative estimate of drug-likeness (QED) is 0.741. The van der Waals surface area contributed by atoms with Crippen molar-refractivity contribution < 1.29 is 9.21 Å². The van der Waals surface area contributed by atoms with E-state index < -0.39 is 0 Å². The highest BCUT2D eigenvalue weighted by Gasteiger charge is 2.15. The summed E-state index contributed by atoms with van der Waals surface area (Å²) in [4.78, 5) is 11.6. The molecule has 1 fully saturated rings. The van der Waals surface area contributed by atoms with E-state index in [0.717, 1.165) is 13.0 Å². The zero-order valence-electron chi connectivity index (χ0n) is 7.95. The van der Waals surface area contributed by atoms with Crippen molar-refractivity contribution in [1.82, 2.24) is 10.6 Å². The van der Waals surface area contributed by atoms with Gasteiger partial charge in [0.25, 0.3) is 5.91 Å². The third-order valence-corrected chi connectivity index (χ3v) is 2.40. The van der Waals surface area contributed by atoms with E-state index in [-0.39, 0.29) is 12.1 Å². The lowest BCUT2D eigenvalue weighted by Crippen LogP contribution is -2.47. The van der Waals surface area contributed by atoms with Gasteiger partial charge in [0, 0.05) is 0 Å². The Kier molecular flexibility index (Phi) is 2.84. The van der Waals surface area contributed by atoms with Crippen molar-refractivity contribution in [2.45, 2.75) is 25.4 Å². The minimum absolute atomic E-state index is 0.0712. The number of carbonyl (C=O) groups is 1. The van der Waals surface area contributed by atoms with Gasteiger partial charge in [-0.3, -0.25) is 10.1 Å². The van der Waals surface area contributed by atoms with Crippen LogP contribution in [0.5, 0.6) is 0 Å². The topological polar surface area (TPSA) is 54.3 Å². The van der Waals surface area contributed by atoms with Gasteiger partial charge in [0.05, 0.1) is 18.0 Å². The van der Waals surface area contributed by atoms with E-state index in [1.807, 2.05) is 0 Å². The number of carbonyl (C=O) groups excluding carboxylic acids is 1. The standard InChI is InChI=1S/C10H14N2O2/c13-10(8-4-6-14-7-8)12-9-3-1-2-5-11-9/h4,6-7,9,11H,1-3,5H2,(H,12,13). The van der Waals surface area contributed by atoms with Crippen LogP contribution in [0.25, 0.3) is 0 Å². The number of hydrogen-bond acceptors (Lipinski definition) is 3. The zero-order valence-corrected chi connectivity index (χ0v) is 7.95. The summed E-state index contributed by atoms with van der Waals surface area (Å²) in [5.41, 5.74) is 0.581. The van der Waals surface area contributed by atoms with Crippen LogP contribution in [-0.4, -0.2) is 18.6 Å². The fourth-order valence-corrected chi connectivity index (χ4v) is 1.61. The number of nitrogens with one attached hydrogen (secondary N) is 2. The molecule has 1 aromatic rings. The summed E-state index contributed by atoms with van der Waals surface area (Å²) in [6.07, 6.45) is 6.44. The van der Waals surface area contributed by atoms with Crippen LogP contribution >= 0.6 is 0 Å². The van der Waals surface area contributed by atoms with Gasteiger partial charge in [-0.25, -0.2) is 0 Å². The van der Waals surface area contributed by atoms with E-state index >= 15 is 0 Å². The summed E-state index contributed by atoms with van der Waals surface area (Å²) in [5.74, 6) is -0.0712. The molecule has 14 heavy (non-hydrogen) atoms. The Hall–Kier alpha value is -1.29. The van der Waals surface area contributed by atoms with Crippen LogP contribution in [0, 0.1) is 0 Å². The molecule has 0 bridgehead atoms. The van der Waals surface area contributed by atoms with Gasteiger partial charge in [-0.15, -0.1) is 0 Å². The molecular weight excluding hydrogens is 180 g/mol. The lowest BCUT2D eigenvalue weighted by Gasteiger charge is -2.24. The first-order valence-corrected chi connectivity index (χ1v) is 4.93. The molecule has 76 valence electrons. The molecule has 0 aliphatic carbocycles. The van der Waals surface area contributed by atoms with Crippen LogP contribution in [0.3, 0.4) is 0 Å². The summed E-state index contributed by atoms with van der Waals surface area (Å²) >= 11 is 0. The second-order valence-corrected chi connectivity index (χ2v) is 3.49. The van der Waals surface area contributed by atoms with E-state index in [2.05, 4.69) is 10.6 Å². The molecule has 1 atom stereocenters. The number of amides is 1.